The van der Waals surface area contributed by atoms with Gasteiger partial charge in [-0.25, -0.2) is 4.39 Å². The zero-order chi connectivity index (χ0) is 11.4. The zero-order valence-corrected chi connectivity index (χ0v) is 9.63. The minimum absolute atomic E-state index is 0. The Kier molecular flexibility index (Phi) is 6.10. The quantitative estimate of drug-likeness (QED) is 0.755. The Morgan fingerprint density at radius 3 is 2.62 bits per heavy atom. The predicted octanol–water partition coefficient (Wildman–Crippen LogP) is 1.34. The van der Waals surface area contributed by atoms with Crippen LogP contribution < -0.4 is 10.5 Å². The Morgan fingerprint density at radius 2 is 2.12 bits per heavy atom. The van der Waals surface area contributed by atoms with E-state index in [1.807, 2.05) is 0 Å². The number of phenols is 1. The van der Waals surface area contributed by atoms with Crippen LogP contribution in [0.5, 0.6) is 11.5 Å². The lowest BCUT2D eigenvalue weighted by Crippen LogP contribution is -2.12. The molecule has 1 aromatic rings. The molecule has 4 nitrogen and oxygen atoms in total. The Hall–Kier alpha value is -1.04. The normalized spacial score (nSPS) is 11.8. The Labute approximate surface area is 99.3 Å². The minimum Gasteiger partial charge on any atom is -0.504 e. The molecule has 0 aliphatic carbocycles. The van der Waals surface area contributed by atoms with E-state index < -0.39 is 11.9 Å². The molecule has 16 heavy (non-hydrogen) atoms. The molecule has 0 aliphatic rings. The molecule has 1 rings (SSSR count). The number of benzene rings is 1. The topological polar surface area (TPSA) is 75.7 Å². The summed E-state index contributed by atoms with van der Waals surface area (Å²) < 4.78 is 17.9. The highest BCUT2D eigenvalue weighted by atomic mass is 35.5. The number of hydrogen-bond acceptors (Lipinski definition) is 4. The number of aromatic hydroxyl groups is 1. The van der Waals surface area contributed by atoms with Crippen LogP contribution in [0.15, 0.2) is 12.1 Å². The SMILES string of the molecule is COc1cc(F)cc([C@@H](N)CCO)c1O.Cl. The Morgan fingerprint density at radius 1 is 1.50 bits per heavy atom. The van der Waals surface area contributed by atoms with Crippen molar-refractivity contribution in [2.24, 2.45) is 5.73 Å². The molecule has 0 saturated carbocycles. The first-order valence-corrected chi connectivity index (χ1v) is 4.53. The van der Waals surface area contributed by atoms with E-state index in [1.54, 1.807) is 0 Å². The molecule has 92 valence electrons. The van der Waals surface area contributed by atoms with Crippen molar-refractivity contribution in [3.8, 4) is 11.5 Å². The number of methoxy groups -OCH3 is 1. The maximum absolute atomic E-state index is 13.1. The molecule has 0 aromatic heterocycles. The number of hydrogen-bond donors (Lipinski definition) is 3. The average Bonchev–Trinajstić information content (AvgIpc) is 2.21. The van der Waals surface area contributed by atoms with Crippen LogP contribution in [0.4, 0.5) is 4.39 Å². The molecule has 0 saturated heterocycles. The second-order valence-corrected chi connectivity index (χ2v) is 3.16. The summed E-state index contributed by atoms with van der Waals surface area (Å²) in [7, 11) is 1.33. The van der Waals surface area contributed by atoms with Gasteiger partial charge in [0, 0.05) is 24.3 Å². The van der Waals surface area contributed by atoms with Crippen LogP contribution in [0, 0.1) is 5.82 Å². The fourth-order valence-corrected chi connectivity index (χ4v) is 1.33. The standard InChI is InChI=1S/C10H14FNO3.ClH/c1-15-9-5-6(11)4-7(10(9)14)8(12)2-3-13;/h4-5,8,13-14H,2-3,12H2,1H3;1H/t8-;/m0./s1. The molecule has 0 bridgehead atoms. The van der Waals surface area contributed by atoms with Crippen molar-refractivity contribution < 1.29 is 19.3 Å². The molecule has 0 aliphatic heterocycles. The fourth-order valence-electron chi connectivity index (χ4n) is 1.33. The van der Waals surface area contributed by atoms with Crippen molar-refractivity contribution in [1.82, 2.24) is 0 Å². The molecule has 6 heteroatoms. The van der Waals surface area contributed by atoms with Gasteiger partial charge in [0.2, 0.25) is 0 Å². The molecular formula is C10H15ClFNO3. The van der Waals surface area contributed by atoms with Gasteiger partial charge >= 0.3 is 0 Å². The number of phenolic OH excluding ortho intramolecular Hbond substituents is 1. The third-order valence-electron chi connectivity index (χ3n) is 2.13. The number of ether oxygens (including phenoxy) is 1. The van der Waals surface area contributed by atoms with Crippen molar-refractivity contribution in [3.05, 3.63) is 23.5 Å². The van der Waals surface area contributed by atoms with E-state index in [0.29, 0.717) is 0 Å². The molecular weight excluding hydrogens is 237 g/mol. The van der Waals surface area contributed by atoms with Crippen LogP contribution >= 0.6 is 12.4 Å². The molecule has 0 amide bonds. The third kappa shape index (κ3) is 3.23. The summed E-state index contributed by atoms with van der Waals surface area (Å²) in [5, 5.41) is 18.4. The lowest BCUT2D eigenvalue weighted by atomic mass is 10.0. The number of rotatable bonds is 4. The third-order valence-corrected chi connectivity index (χ3v) is 2.13. The smallest absolute Gasteiger partial charge is 0.163 e. The van der Waals surface area contributed by atoms with Crippen LogP contribution in [-0.2, 0) is 0 Å². The number of nitrogens with two attached hydrogens (primary N) is 1. The molecule has 1 aromatic carbocycles. The number of halogens is 2. The van der Waals surface area contributed by atoms with E-state index in [9.17, 15) is 9.50 Å². The van der Waals surface area contributed by atoms with Crippen LogP contribution in [0.25, 0.3) is 0 Å². The lowest BCUT2D eigenvalue weighted by molar-refractivity contribution is 0.274. The second kappa shape index (κ2) is 6.52. The predicted molar refractivity (Wildman–Crippen MR) is 60.5 cm³/mol. The summed E-state index contributed by atoms with van der Waals surface area (Å²) >= 11 is 0. The largest absolute Gasteiger partial charge is 0.504 e. The van der Waals surface area contributed by atoms with Crippen LogP contribution in [0.2, 0.25) is 0 Å². The van der Waals surface area contributed by atoms with E-state index in [1.165, 1.54) is 7.11 Å². The fraction of sp³-hybridized carbons (Fsp3) is 0.400. The van der Waals surface area contributed by atoms with E-state index in [-0.39, 0.29) is 42.5 Å². The monoisotopic (exact) mass is 251 g/mol. The summed E-state index contributed by atoms with van der Waals surface area (Å²) in [6, 6.07) is 1.60. The molecule has 4 N–H and O–H groups in total. The lowest BCUT2D eigenvalue weighted by Gasteiger charge is -2.14. The van der Waals surface area contributed by atoms with Gasteiger partial charge in [0.15, 0.2) is 11.5 Å². The highest BCUT2D eigenvalue weighted by molar-refractivity contribution is 5.85. The van der Waals surface area contributed by atoms with Crippen molar-refractivity contribution in [3.63, 3.8) is 0 Å². The Bertz CT molecular complexity index is 349. The number of aliphatic hydroxyl groups is 1. The van der Waals surface area contributed by atoms with Crippen molar-refractivity contribution >= 4 is 12.4 Å². The van der Waals surface area contributed by atoms with Gasteiger partial charge in [-0.1, -0.05) is 0 Å². The van der Waals surface area contributed by atoms with Gasteiger partial charge in [-0.2, -0.15) is 0 Å². The average molecular weight is 252 g/mol. The van der Waals surface area contributed by atoms with E-state index >= 15 is 0 Å². The summed E-state index contributed by atoms with van der Waals surface area (Å²) in [4.78, 5) is 0. The minimum atomic E-state index is -0.611. The van der Waals surface area contributed by atoms with Crippen molar-refractivity contribution in [1.29, 1.82) is 0 Å². The Balaban J connectivity index is 0.00000225. The maximum Gasteiger partial charge on any atom is 0.163 e. The van der Waals surface area contributed by atoms with Crippen LogP contribution in [0.3, 0.4) is 0 Å². The first kappa shape index (κ1) is 15.0. The van der Waals surface area contributed by atoms with Gasteiger partial charge in [0.25, 0.3) is 0 Å². The van der Waals surface area contributed by atoms with E-state index in [4.69, 9.17) is 15.6 Å². The van der Waals surface area contributed by atoms with Crippen LogP contribution in [0.1, 0.15) is 18.0 Å². The molecule has 0 fully saturated rings. The van der Waals surface area contributed by atoms with Gasteiger partial charge in [-0.05, 0) is 12.5 Å². The molecule has 0 spiro atoms. The number of aliphatic hydroxyl groups excluding tert-OH is 1. The van der Waals surface area contributed by atoms with Gasteiger partial charge in [-0.3, -0.25) is 0 Å². The van der Waals surface area contributed by atoms with E-state index in [0.717, 1.165) is 12.1 Å². The molecule has 1 atom stereocenters. The zero-order valence-electron chi connectivity index (χ0n) is 8.81. The highest BCUT2D eigenvalue weighted by Gasteiger charge is 2.16. The van der Waals surface area contributed by atoms with Crippen molar-refractivity contribution in [2.75, 3.05) is 13.7 Å². The first-order valence-electron chi connectivity index (χ1n) is 4.53. The summed E-state index contributed by atoms with van der Waals surface area (Å²) in [5.41, 5.74) is 5.89. The van der Waals surface area contributed by atoms with Gasteiger partial charge in [0.05, 0.1) is 7.11 Å². The summed E-state index contributed by atoms with van der Waals surface area (Å²) in [6.07, 6.45) is 0.250. The summed E-state index contributed by atoms with van der Waals surface area (Å²) in [6.45, 7) is -0.126. The van der Waals surface area contributed by atoms with Gasteiger partial charge in [-0.15, -0.1) is 12.4 Å². The second-order valence-electron chi connectivity index (χ2n) is 3.16. The first-order chi connectivity index (χ1) is 7.10. The van der Waals surface area contributed by atoms with E-state index in [2.05, 4.69) is 0 Å². The maximum atomic E-state index is 13.1. The molecule has 0 unspecified atom stereocenters. The van der Waals surface area contributed by atoms with Crippen molar-refractivity contribution in [2.45, 2.75) is 12.5 Å². The summed E-state index contributed by atoms with van der Waals surface area (Å²) in [5.74, 6) is -0.675. The van der Waals surface area contributed by atoms with Gasteiger partial charge < -0.3 is 20.7 Å². The molecule has 0 heterocycles. The molecule has 0 radical (unpaired) electrons. The van der Waals surface area contributed by atoms with Gasteiger partial charge in [0.1, 0.15) is 5.82 Å². The van der Waals surface area contributed by atoms with Crippen LogP contribution in [-0.4, -0.2) is 23.9 Å². The highest BCUT2D eigenvalue weighted by Crippen LogP contribution is 2.34.